The van der Waals surface area contributed by atoms with E-state index in [1.54, 1.807) is 12.4 Å². The van der Waals surface area contributed by atoms with Gasteiger partial charge in [-0.2, -0.15) is 0 Å². The Bertz CT molecular complexity index is 1040. The Kier molecular flexibility index (Phi) is 13.6. The van der Waals surface area contributed by atoms with Gasteiger partial charge >= 0.3 is 5.97 Å². The van der Waals surface area contributed by atoms with Crippen molar-refractivity contribution in [2.24, 2.45) is 0 Å². The lowest BCUT2D eigenvalue weighted by atomic mass is 10.0. The minimum Gasteiger partial charge on any atom is -0.420 e. The molecule has 0 atom stereocenters. The molecule has 4 heteroatoms. The van der Waals surface area contributed by atoms with Crippen LogP contribution in [0.2, 0.25) is 0 Å². The van der Waals surface area contributed by atoms with E-state index in [0.717, 1.165) is 18.4 Å². The number of aromatic nitrogens is 2. The lowest BCUT2D eigenvalue weighted by molar-refractivity contribution is 0.0733. The molecule has 38 heavy (non-hydrogen) atoms. The van der Waals surface area contributed by atoms with Crippen molar-refractivity contribution >= 4 is 5.97 Å². The highest BCUT2D eigenvalue weighted by Gasteiger charge is 2.10. The molecule has 4 nitrogen and oxygen atoms in total. The number of hydrogen-bond donors (Lipinski definition) is 0. The van der Waals surface area contributed by atoms with Crippen LogP contribution in [0.15, 0.2) is 60.9 Å². The van der Waals surface area contributed by atoms with Crippen molar-refractivity contribution in [3.05, 3.63) is 77.6 Å². The number of carbonyl (C=O) groups is 1. The van der Waals surface area contributed by atoms with Gasteiger partial charge in [0.15, 0.2) is 11.6 Å². The van der Waals surface area contributed by atoms with Gasteiger partial charge in [-0.25, -0.2) is 14.8 Å². The van der Waals surface area contributed by atoms with Crippen LogP contribution in [0.3, 0.4) is 0 Å². The first-order chi connectivity index (χ1) is 18.7. The average molecular weight is 515 g/mol. The van der Waals surface area contributed by atoms with Gasteiger partial charge in [-0.05, 0) is 48.9 Å². The van der Waals surface area contributed by atoms with Crippen LogP contribution >= 0.6 is 0 Å². The zero-order valence-electron chi connectivity index (χ0n) is 23.6. The summed E-state index contributed by atoms with van der Waals surface area (Å²) in [5.41, 5.74) is 4.12. The van der Waals surface area contributed by atoms with E-state index in [9.17, 15) is 4.79 Å². The van der Waals surface area contributed by atoms with Crippen molar-refractivity contribution in [3.8, 4) is 17.1 Å². The number of unbranched alkanes of at least 4 members (excludes halogenated alkanes) is 11. The van der Waals surface area contributed by atoms with Gasteiger partial charge in [0.1, 0.15) is 0 Å². The predicted molar refractivity (Wildman–Crippen MR) is 158 cm³/mol. The molecule has 0 unspecified atom stereocenters. The monoisotopic (exact) mass is 514 g/mol. The maximum Gasteiger partial charge on any atom is 0.343 e. The van der Waals surface area contributed by atoms with Crippen LogP contribution in [-0.2, 0) is 12.8 Å². The molecule has 1 aromatic heterocycles. The fourth-order valence-corrected chi connectivity index (χ4v) is 4.71. The number of rotatable bonds is 18. The van der Waals surface area contributed by atoms with Crippen molar-refractivity contribution in [1.29, 1.82) is 0 Å². The Morgan fingerprint density at radius 3 is 1.55 bits per heavy atom. The fourth-order valence-electron chi connectivity index (χ4n) is 4.71. The second-order valence-corrected chi connectivity index (χ2v) is 10.4. The molecule has 1 heterocycles. The molecule has 0 spiro atoms. The highest BCUT2D eigenvalue weighted by atomic mass is 16.5. The topological polar surface area (TPSA) is 52.1 Å². The molecule has 0 N–H and O–H groups in total. The number of hydrogen-bond acceptors (Lipinski definition) is 4. The van der Waals surface area contributed by atoms with Crippen molar-refractivity contribution in [1.82, 2.24) is 9.97 Å². The Morgan fingerprint density at radius 2 is 1.05 bits per heavy atom. The fraction of sp³-hybridized carbons (Fsp3) is 0.500. The van der Waals surface area contributed by atoms with Gasteiger partial charge in [0.05, 0.1) is 18.0 Å². The van der Waals surface area contributed by atoms with Crippen LogP contribution in [0, 0.1) is 0 Å². The lowest BCUT2D eigenvalue weighted by Gasteiger charge is -2.07. The van der Waals surface area contributed by atoms with Gasteiger partial charge in [-0.15, -0.1) is 0 Å². The molecule has 0 fully saturated rings. The molecular weight excluding hydrogens is 468 g/mol. The summed E-state index contributed by atoms with van der Waals surface area (Å²) < 4.78 is 5.51. The standard InChI is InChI=1S/C34H46N2O2/c1-3-5-7-9-10-11-13-15-17-29-20-24-31(25-21-29)34(37)38-32-26-35-33(36-27-32)30-22-18-28(19-23-30)16-14-12-8-6-4-2/h18-27H,3-17H2,1-2H3. The van der Waals surface area contributed by atoms with E-state index in [1.165, 1.54) is 94.6 Å². The molecule has 2 aromatic carbocycles. The number of ether oxygens (including phenoxy) is 1. The normalized spacial score (nSPS) is 11.0. The summed E-state index contributed by atoms with van der Waals surface area (Å²) in [6, 6.07) is 16.2. The number of esters is 1. The highest BCUT2D eigenvalue weighted by Crippen LogP contribution is 2.20. The SMILES string of the molecule is CCCCCCCCCCc1ccc(C(=O)Oc2cnc(-c3ccc(CCCCCCC)cc3)nc2)cc1. The molecule has 0 saturated carbocycles. The smallest absolute Gasteiger partial charge is 0.343 e. The van der Waals surface area contributed by atoms with Gasteiger partial charge in [-0.1, -0.05) is 121 Å². The number of nitrogens with zero attached hydrogens (tertiary/aromatic N) is 2. The Balaban J connectivity index is 1.40. The summed E-state index contributed by atoms with van der Waals surface area (Å²) in [6.07, 6.45) is 22.3. The van der Waals surface area contributed by atoms with Crippen LogP contribution < -0.4 is 4.74 Å². The summed E-state index contributed by atoms with van der Waals surface area (Å²) in [7, 11) is 0. The summed E-state index contributed by atoms with van der Waals surface area (Å²) in [5, 5.41) is 0. The van der Waals surface area contributed by atoms with Crippen molar-refractivity contribution < 1.29 is 9.53 Å². The van der Waals surface area contributed by atoms with Gasteiger partial charge in [-0.3, -0.25) is 0 Å². The minimum atomic E-state index is -0.386. The van der Waals surface area contributed by atoms with Gasteiger partial charge < -0.3 is 4.74 Å². The van der Waals surface area contributed by atoms with E-state index < -0.39 is 0 Å². The molecular formula is C34H46N2O2. The van der Waals surface area contributed by atoms with Crippen LogP contribution in [0.5, 0.6) is 5.75 Å². The molecule has 0 saturated heterocycles. The third kappa shape index (κ3) is 10.8. The van der Waals surface area contributed by atoms with E-state index in [4.69, 9.17) is 4.74 Å². The number of aryl methyl sites for hydroxylation is 2. The Morgan fingerprint density at radius 1 is 0.605 bits per heavy atom. The summed E-state index contributed by atoms with van der Waals surface area (Å²) in [5.74, 6) is 0.596. The zero-order valence-corrected chi connectivity index (χ0v) is 23.6. The van der Waals surface area contributed by atoms with Crippen molar-refractivity contribution in [2.75, 3.05) is 0 Å². The molecule has 3 rings (SSSR count). The second-order valence-electron chi connectivity index (χ2n) is 10.4. The molecule has 0 radical (unpaired) electrons. The van der Waals surface area contributed by atoms with Crippen LogP contribution in [0.25, 0.3) is 11.4 Å². The third-order valence-corrected chi connectivity index (χ3v) is 7.13. The highest BCUT2D eigenvalue weighted by molar-refractivity contribution is 5.91. The van der Waals surface area contributed by atoms with E-state index >= 15 is 0 Å². The molecule has 0 aliphatic heterocycles. The quantitative estimate of drug-likeness (QED) is 0.125. The van der Waals surface area contributed by atoms with Crippen LogP contribution in [0.1, 0.15) is 119 Å². The van der Waals surface area contributed by atoms with Crippen molar-refractivity contribution in [2.45, 2.75) is 110 Å². The maximum absolute atomic E-state index is 12.6. The molecule has 204 valence electrons. The molecule has 3 aromatic rings. The molecule has 0 bridgehead atoms. The predicted octanol–water partition coefficient (Wildman–Crippen LogP) is 9.56. The zero-order chi connectivity index (χ0) is 26.8. The van der Waals surface area contributed by atoms with Crippen LogP contribution in [0.4, 0.5) is 0 Å². The van der Waals surface area contributed by atoms with E-state index in [-0.39, 0.29) is 5.97 Å². The van der Waals surface area contributed by atoms with Gasteiger partial charge in [0.2, 0.25) is 0 Å². The lowest BCUT2D eigenvalue weighted by Crippen LogP contribution is -2.09. The van der Waals surface area contributed by atoms with Gasteiger partial charge in [0, 0.05) is 5.56 Å². The average Bonchev–Trinajstić information content (AvgIpc) is 2.95. The molecule has 0 amide bonds. The van der Waals surface area contributed by atoms with Crippen molar-refractivity contribution in [3.63, 3.8) is 0 Å². The maximum atomic E-state index is 12.6. The van der Waals surface area contributed by atoms with Crippen LogP contribution in [-0.4, -0.2) is 15.9 Å². The molecule has 0 aliphatic rings. The van der Waals surface area contributed by atoms with E-state index in [2.05, 4.69) is 48.1 Å². The van der Waals surface area contributed by atoms with E-state index in [0.29, 0.717) is 17.1 Å². The third-order valence-electron chi connectivity index (χ3n) is 7.13. The molecule has 0 aliphatic carbocycles. The Labute approximate surface area is 230 Å². The summed E-state index contributed by atoms with van der Waals surface area (Å²) in [6.45, 7) is 4.50. The number of carbonyl (C=O) groups excluding carboxylic acids is 1. The summed E-state index contributed by atoms with van der Waals surface area (Å²) >= 11 is 0. The Hall–Kier alpha value is -3.01. The first kappa shape index (κ1) is 29.5. The largest absolute Gasteiger partial charge is 0.420 e. The number of benzene rings is 2. The summed E-state index contributed by atoms with van der Waals surface area (Å²) in [4.78, 5) is 21.4. The minimum absolute atomic E-state index is 0.352. The van der Waals surface area contributed by atoms with Gasteiger partial charge in [0.25, 0.3) is 0 Å². The first-order valence-corrected chi connectivity index (χ1v) is 14.9. The van der Waals surface area contributed by atoms with E-state index in [1.807, 2.05) is 24.3 Å². The first-order valence-electron chi connectivity index (χ1n) is 14.9. The second kappa shape index (κ2) is 17.5.